The van der Waals surface area contributed by atoms with E-state index in [2.05, 4.69) is 38.2 Å². The first kappa shape index (κ1) is 40.4. The van der Waals surface area contributed by atoms with Crippen LogP contribution in [0.4, 0.5) is 0 Å². The van der Waals surface area contributed by atoms with Crippen LogP contribution in [0.5, 0.6) is 0 Å². The second-order valence-corrected chi connectivity index (χ2v) is 12.0. The van der Waals surface area contributed by atoms with Crippen molar-refractivity contribution in [3.8, 4) is 0 Å². The minimum atomic E-state index is -0.772. The summed E-state index contributed by atoms with van der Waals surface area (Å²) in [7, 11) is 0. The minimum absolute atomic E-state index is 0.0679. The van der Waals surface area contributed by atoms with Crippen molar-refractivity contribution < 1.29 is 24.2 Å². The lowest BCUT2D eigenvalue weighted by molar-refractivity contribution is -0.161. The number of hydrogen-bond donors (Lipinski definition) is 1. The third kappa shape index (κ3) is 31.3. The third-order valence-corrected chi connectivity index (χ3v) is 7.75. The molecule has 0 amide bonds. The second kappa shape index (κ2) is 33.9. The van der Waals surface area contributed by atoms with Crippen LogP contribution < -0.4 is 0 Å². The summed E-state index contributed by atoms with van der Waals surface area (Å²) in [6.45, 7) is 4.10. The number of allylic oxidation sites excluding steroid dienone is 4. The van der Waals surface area contributed by atoms with Crippen molar-refractivity contribution >= 4 is 11.9 Å². The topological polar surface area (TPSA) is 72.8 Å². The summed E-state index contributed by atoms with van der Waals surface area (Å²) in [5.74, 6) is -0.604. The van der Waals surface area contributed by atoms with E-state index in [1.165, 1.54) is 103 Å². The molecule has 0 aliphatic carbocycles. The van der Waals surface area contributed by atoms with Crippen LogP contribution in [0.25, 0.3) is 0 Å². The van der Waals surface area contributed by atoms with Gasteiger partial charge in [-0.3, -0.25) is 9.59 Å². The van der Waals surface area contributed by atoms with Crippen molar-refractivity contribution in [2.24, 2.45) is 0 Å². The summed E-state index contributed by atoms with van der Waals surface area (Å²) in [5, 5.41) is 9.51. The van der Waals surface area contributed by atoms with E-state index in [1.54, 1.807) is 0 Å². The zero-order valence-electron chi connectivity index (χ0n) is 27.8. The fraction of sp³-hybridized carbons (Fsp3) is 0.838. The van der Waals surface area contributed by atoms with Crippen molar-refractivity contribution in [2.45, 2.75) is 187 Å². The van der Waals surface area contributed by atoms with Gasteiger partial charge in [-0.05, 0) is 44.9 Å². The highest BCUT2D eigenvalue weighted by molar-refractivity contribution is 5.70. The zero-order valence-corrected chi connectivity index (χ0v) is 27.8. The van der Waals surface area contributed by atoms with E-state index in [9.17, 15) is 14.7 Å². The smallest absolute Gasteiger partial charge is 0.306 e. The van der Waals surface area contributed by atoms with Crippen molar-refractivity contribution in [3.63, 3.8) is 0 Å². The predicted molar refractivity (Wildman–Crippen MR) is 178 cm³/mol. The average Bonchev–Trinajstić information content (AvgIpc) is 2.99. The molecule has 0 heterocycles. The maximum Gasteiger partial charge on any atom is 0.306 e. The third-order valence-electron chi connectivity index (χ3n) is 7.75. The number of aliphatic hydroxyl groups excluding tert-OH is 1. The van der Waals surface area contributed by atoms with Crippen LogP contribution in [0.1, 0.15) is 181 Å². The Bertz CT molecular complexity index is 642. The summed E-state index contributed by atoms with van der Waals surface area (Å²) < 4.78 is 10.6. The maximum absolute atomic E-state index is 12.1. The van der Waals surface area contributed by atoms with E-state index in [1.807, 2.05) is 0 Å². The normalized spacial score (nSPS) is 12.4. The fourth-order valence-electron chi connectivity index (χ4n) is 4.99. The molecule has 0 aliphatic heterocycles. The number of hydrogen-bond acceptors (Lipinski definition) is 5. The van der Waals surface area contributed by atoms with Crippen LogP contribution in [0.3, 0.4) is 0 Å². The molecule has 246 valence electrons. The standard InChI is InChI=1S/C37H68O5/c1-3-5-7-9-11-13-15-17-18-19-20-22-24-26-28-30-32-37(40)42-35(33-38)34-41-36(39)31-29-27-25-23-21-16-14-12-10-8-6-4-2/h13,15,18-19,35,38H,3-12,14,16-17,20-34H2,1-2H3/b15-13-,19-18-. The van der Waals surface area contributed by atoms with Crippen molar-refractivity contribution in [1.29, 1.82) is 0 Å². The Balaban J connectivity index is 3.59. The maximum atomic E-state index is 12.1. The predicted octanol–water partition coefficient (Wildman–Crippen LogP) is 10.7. The Labute approximate surface area is 260 Å². The Hall–Kier alpha value is -1.62. The summed E-state index contributed by atoms with van der Waals surface area (Å²) in [6.07, 6.45) is 38.0. The van der Waals surface area contributed by atoms with Gasteiger partial charge >= 0.3 is 11.9 Å². The molecular formula is C37H68O5. The van der Waals surface area contributed by atoms with E-state index in [4.69, 9.17) is 9.47 Å². The highest BCUT2D eigenvalue weighted by Gasteiger charge is 2.16. The van der Waals surface area contributed by atoms with Gasteiger partial charge in [-0.2, -0.15) is 0 Å². The highest BCUT2D eigenvalue weighted by atomic mass is 16.6. The highest BCUT2D eigenvalue weighted by Crippen LogP contribution is 2.13. The molecule has 5 nitrogen and oxygen atoms in total. The molecule has 0 saturated carbocycles. The van der Waals surface area contributed by atoms with E-state index in [-0.39, 0.29) is 25.2 Å². The lowest BCUT2D eigenvalue weighted by Crippen LogP contribution is -2.28. The number of unbranched alkanes of at least 4 members (excludes halogenated alkanes) is 20. The fourth-order valence-corrected chi connectivity index (χ4v) is 4.99. The molecule has 1 unspecified atom stereocenters. The number of carbonyl (C=O) groups excluding carboxylic acids is 2. The van der Waals surface area contributed by atoms with E-state index < -0.39 is 6.10 Å². The largest absolute Gasteiger partial charge is 0.462 e. The average molecular weight is 593 g/mol. The SMILES string of the molecule is CCCCCC/C=C\C/C=C\CCCCCCCC(=O)OC(CO)COC(=O)CCCCCCCCCCCCCC. The van der Waals surface area contributed by atoms with E-state index >= 15 is 0 Å². The Morgan fingerprint density at radius 2 is 0.952 bits per heavy atom. The second-order valence-electron chi connectivity index (χ2n) is 12.0. The van der Waals surface area contributed by atoms with Crippen LogP contribution in [0.15, 0.2) is 24.3 Å². The first-order chi connectivity index (χ1) is 20.6. The molecule has 0 aromatic carbocycles. The van der Waals surface area contributed by atoms with Crippen molar-refractivity contribution in [3.05, 3.63) is 24.3 Å². The summed E-state index contributed by atoms with van der Waals surface area (Å²) in [5.41, 5.74) is 0. The quantitative estimate of drug-likeness (QED) is 0.0478. The van der Waals surface area contributed by atoms with Gasteiger partial charge < -0.3 is 14.6 Å². The molecule has 0 aromatic rings. The van der Waals surface area contributed by atoms with E-state index in [0.717, 1.165) is 51.4 Å². The molecule has 1 atom stereocenters. The van der Waals surface area contributed by atoms with Gasteiger partial charge in [0.2, 0.25) is 0 Å². The molecular weight excluding hydrogens is 524 g/mol. The molecule has 0 radical (unpaired) electrons. The molecule has 1 N–H and O–H groups in total. The van der Waals surface area contributed by atoms with Gasteiger partial charge in [0.25, 0.3) is 0 Å². The van der Waals surface area contributed by atoms with Crippen LogP contribution in [-0.2, 0) is 19.1 Å². The monoisotopic (exact) mass is 593 g/mol. The minimum Gasteiger partial charge on any atom is -0.462 e. The Morgan fingerprint density at radius 1 is 0.548 bits per heavy atom. The summed E-state index contributed by atoms with van der Waals surface area (Å²) in [4.78, 5) is 24.1. The molecule has 0 spiro atoms. The molecule has 0 fully saturated rings. The van der Waals surface area contributed by atoms with Crippen LogP contribution in [0.2, 0.25) is 0 Å². The lowest BCUT2D eigenvalue weighted by atomic mass is 10.0. The van der Waals surface area contributed by atoms with Crippen molar-refractivity contribution in [1.82, 2.24) is 0 Å². The molecule has 0 aromatic heterocycles. The van der Waals surface area contributed by atoms with Crippen molar-refractivity contribution in [2.75, 3.05) is 13.2 Å². The van der Waals surface area contributed by atoms with Gasteiger partial charge in [0, 0.05) is 12.8 Å². The van der Waals surface area contributed by atoms with Gasteiger partial charge in [-0.25, -0.2) is 0 Å². The number of rotatable bonds is 32. The first-order valence-electron chi connectivity index (χ1n) is 17.9. The lowest BCUT2D eigenvalue weighted by Gasteiger charge is -2.15. The number of ether oxygens (including phenoxy) is 2. The Kier molecular flexibility index (Phi) is 32.6. The molecule has 0 rings (SSSR count). The first-order valence-corrected chi connectivity index (χ1v) is 17.9. The number of carbonyl (C=O) groups is 2. The molecule has 0 bridgehead atoms. The van der Waals surface area contributed by atoms with Gasteiger partial charge in [-0.15, -0.1) is 0 Å². The van der Waals surface area contributed by atoms with Gasteiger partial charge in [0.15, 0.2) is 6.10 Å². The van der Waals surface area contributed by atoms with Crippen LogP contribution in [-0.4, -0.2) is 36.4 Å². The number of esters is 2. The summed E-state index contributed by atoms with van der Waals surface area (Å²) >= 11 is 0. The van der Waals surface area contributed by atoms with Gasteiger partial charge in [0.05, 0.1) is 6.61 Å². The Morgan fingerprint density at radius 3 is 1.43 bits per heavy atom. The molecule has 0 saturated heterocycles. The molecule has 5 heteroatoms. The summed E-state index contributed by atoms with van der Waals surface area (Å²) in [6, 6.07) is 0. The van der Waals surface area contributed by atoms with E-state index in [0.29, 0.717) is 12.8 Å². The van der Waals surface area contributed by atoms with Gasteiger partial charge in [-0.1, -0.05) is 147 Å². The molecule has 0 aliphatic rings. The zero-order chi connectivity index (χ0) is 30.8. The molecule has 42 heavy (non-hydrogen) atoms. The van der Waals surface area contributed by atoms with Crippen LogP contribution in [0, 0.1) is 0 Å². The van der Waals surface area contributed by atoms with Gasteiger partial charge in [0.1, 0.15) is 6.61 Å². The number of aliphatic hydroxyl groups is 1. The van der Waals surface area contributed by atoms with Crippen LogP contribution >= 0.6 is 0 Å².